The fraction of sp³-hybridized carbons (Fsp3) is 0.485. The van der Waals surface area contributed by atoms with E-state index in [1.54, 1.807) is 14.0 Å². The second kappa shape index (κ2) is 19.8. The zero-order chi connectivity index (χ0) is 33.2. The Hall–Kier alpha value is -4.45. The first-order valence-electron chi connectivity index (χ1n) is 15.3. The average Bonchev–Trinajstić information content (AvgIpc) is 3.04. The molecular weight excluding hydrogens is 578 g/mol. The van der Waals surface area contributed by atoms with Crippen LogP contribution in [0.4, 0.5) is 4.79 Å². The first-order chi connectivity index (χ1) is 21.6. The van der Waals surface area contributed by atoms with Crippen molar-refractivity contribution in [2.45, 2.75) is 83.6 Å². The number of hydrogen-bond acceptors (Lipinski definition) is 7. The van der Waals surface area contributed by atoms with Gasteiger partial charge in [-0.1, -0.05) is 68.4 Å². The van der Waals surface area contributed by atoms with Gasteiger partial charge in [-0.15, -0.1) is 0 Å². The van der Waals surface area contributed by atoms with E-state index < -0.39 is 30.1 Å². The number of benzene rings is 2. The number of ether oxygens (including phenoxy) is 1. The minimum atomic E-state index is -0.853. The number of aryl methyl sites for hydroxylation is 1. The zero-order valence-electron chi connectivity index (χ0n) is 26.5. The summed E-state index contributed by atoms with van der Waals surface area (Å²) >= 11 is 0. The fourth-order valence-electron chi connectivity index (χ4n) is 4.92. The number of rotatable bonds is 14. The summed E-state index contributed by atoms with van der Waals surface area (Å²) < 4.78 is 5.26. The van der Waals surface area contributed by atoms with E-state index in [-0.39, 0.29) is 49.8 Å². The molecule has 45 heavy (non-hydrogen) atoms. The molecule has 12 nitrogen and oxygen atoms in total. The summed E-state index contributed by atoms with van der Waals surface area (Å²) in [5.41, 5.74) is 3.19. The molecule has 1 aliphatic rings. The van der Waals surface area contributed by atoms with E-state index in [4.69, 9.17) is 14.6 Å². The fourth-order valence-corrected chi connectivity index (χ4v) is 4.92. The Bertz CT molecular complexity index is 1240. The lowest BCUT2D eigenvalue weighted by Crippen LogP contribution is -2.57. The van der Waals surface area contributed by atoms with Crippen LogP contribution in [0.5, 0.6) is 0 Å². The molecule has 0 heterocycles. The Balaban J connectivity index is 0.00000226. The average molecular weight is 626 g/mol. The molecule has 0 radical (unpaired) electrons. The Morgan fingerprint density at radius 1 is 0.956 bits per heavy atom. The summed E-state index contributed by atoms with van der Waals surface area (Å²) in [5, 5.41) is 21.3. The van der Waals surface area contributed by atoms with Gasteiger partial charge in [0.15, 0.2) is 0 Å². The maximum Gasteiger partial charge on any atom is 0.407 e. The molecular formula is C33H47N5O7. The molecule has 2 aromatic rings. The third kappa shape index (κ3) is 12.6. The zero-order valence-corrected chi connectivity index (χ0v) is 26.5. The summed E-state index contributed by atoms with van der Waals surface area (Å²) in [4.78, 5) is 60.0. The molecule has 1 aliphatic carbocycles. The molecule has 0 fully saturated rings. The highest BCUT2D eigenvalue weighted by molar-refractivity contribution is 5.93. The lowest BCUT2D eigenvalue weighted by Gasteiger charge is -2.30. The van der Waals surface area contributed by atoms with E-state index in [2.05, 4.69) is 32.7 Å². The van der Waals surface area contributed by atoms with Crippen LogP contribution in [-0.2, 0) is 36.9 Å². The summed E-state index contributed by atoms with van der Waals surface area (Å²) in [6, 6.07) is 15.2. The van der Waals surface area contributed by atoms with Gasteiger partial charge in [-0.25, -0.2) is 4.79 Å². The molecule has 0 bridgehead atoms. The van der Waals surface area contributed by atoms with E-state index in [1.807, 2.05) is 62.4 Å². The minimum absolute atomic E-state index is 0.148. The van der Waals surface area contributed by atoms with Gasteiger partial charge in [0.05, 0.1) is 12.1 Å². The van der Waals surface area contributed by atoms with Crippen LogP contribution in [0.2, 0.25) is 0 Å². The quantitative estimate of drug-likeness (QED) is 0.137. The molecule has 0 saturated heterocycles. The highest BCUT2D eigenvalue weighted by Crippen LogP contribution is 2.29. The van der Waals surface area contributed by atoms with Crippen LogP contribution in [0.1, 0.15) is 69.2 Å². The number of nitrogens with one attached hydrogen (secondary N) is 5. The SMILES string of the molecule is CN[C@@H](C)C(=O)N[C@H](C(=O)N[C@@H](CCCNC(=O)OCc1ccccc1)C(=O)NC1CCCc2ccccc21)C(C)C.O=CO. The van der Waals surface area contributed by atoms with E-state index in [0.717, 1.165) is 30.4 Å². The first kappa shape index (κ1) is 36.7. The summed E-state index contributed by atoms with van der Waals surface area (Å²) in [6.07, 6.45) is 2.90. The summed E-state index contributed by atoms with van der Waals surface area (Å²) in [5.74, 6) is -1.23. The van der Waals surface area contributed by atoms with Crippen LogP contribution >= 0.6 is 0 Å². The highest BCUT2D eigenvalue weighted by atomic mass is 16.5. The molecule has 6 N–H and O–H groups in total. The largest absolute Gasteiger partial charge is 0.483 e. The number of hydrogen-bond donors (Lipinski definition) is 6. The van der Waals surface area contributed by atoms with E-state index in [1.165, 1.54) is 5.56 Å². The maximum atomic E-state index is 13.6. The van der Waals surface area contributed by atoms with Crippen molar-refractivity contribution >= 4 is 30.3 Å². The lowest BCUT2D eigenvalue weighted by atomic mass is 9.87. The van der Waals surface area contributed by atoms with Gasteiger partial charge in [-0.3, -0.25) is 19.2 Å². The number of likely N-dealkylation sites (N-methyl/N-ethyl adjacent to an activating group) is 1. The topological polar surface area (TPSA) is 175 Å². The van der Waals surface area contributed by atoms with Crippen molar-refractivity contribution in [2.24, 2.45) is 5.92 Å². The molecule has 0 spiro atoms. The van der Waals surface area contributed by atoms with Gasteiger partial charge in [-0.2, -0.15) is 0 Å². The van der Waals surface area contributed by atoms with Gasteiger partial charge in [0, 0.05) is 6.54 Å². The standard InChI is InChI=1S/C32H45N5O5.CH2O2/c1-21(2)28(37-29(38)22(3)33-4)31(40)36-27(18-11-19-34-32(41)42-20-23-12-6-5-7-13-23)30(39)35-26-17-10-15-24-14-8-9-16-25(24)26;2-1-3/h5-9,12-14,16,21-22,26-28,33H,10-11,15,17-20H2,1-4H3,(H,34,41)(H,35,39)(H,36,40)(H,37,38);1H,(H,2,3)/t22-,26?,27-,28-;/m0./s1. The van der Waals surface area contributed by atoms with Gasteiger partial charge in [0.1, 0.15) is 18.7 Å². The van der Waals surface area contributed by atoms with Crippen LogP contribution in [0.3, 0.4) is 0 Å². The predicted octanol–water partition coefficient (Wildman–Crippen LogP) is 2.82. The smallest absolute Gasteiger partial charge is 0.407 e. The third-order valence-corrected chi connectivity index (χ3v) is 7.54. The molecule has 0 saturated carbocycles. The minimum Gasteiger partial charge on any atom is -0.483 e. The molecule has 4 atom stereocenters. The number of carboxylic acid groups (broad SMARTS) is 1. The third-order valence-electron chi connectivity index (χ3n) is 7.54. The van der Waals surface area contributed by atoms with Crippen molar-refractivity contribution in [3.63, 3.8) is 0 Å². The number of amides is 4. The molecule has 3 rings (SSSR count). The van der Waals surface area contributed by atoms with Crippen molar-refractivity contribution in [2.75, 3.05) is 13.6 Å². The van der Waals surface area contributed by atoms with Crippen LogP contribution in [-0.4, -0.2) is 67.1 Å². The molecule has 1 unspecified atom stereocenters. The van der Waals surface area contributed by atoms with E-state index in [9.17, 15) is 19.2 Å². The van der Waals surface area contributed by atoms with Crippen molar-refractivity contribution in [1.29, 1.82) is 0 Å². The van der Waals surface area contributed by atoms with E-state index >= 15 is 0 Å². The van der Waals surface area contributed by atoms with Gasteiger partial charge in [-0.05, 0) is 68.7 Å². The van der Waals surface area contributed by atoms with E-state index in [0.29, 0.717) is 6.42 Å². The second-order valence-corrected chi connectivity index (χ2v) is 11.2. The monoisotopic (exact) mass is 625 g/mol. The molecule has 2 aromatic carbocycles. The van der Waals surface area contributed by atoms with Gasteiger partial charge >= 0.3 is 6.09 Å². The first-order valence-corrected chi connectivity index (χ1v) is 15.3. The predicted molar refractivity (Wildman–Crippen MR) is 170 cm³/mol. The Morgan fingerprint density at radius 3 is 2.29 bits per heavy atom. The van der Waals surface area contributed by atoms with Gasteiger partial charge in [0.2, 0.25) is 17.7 Å². The molecule has 246 valence electrons. The number of fused-ring (bicyclic) bond motifs is 1. The summed E-state index contributed by atoms with van der Waals surface area (Å²) in [7, 11) is 1.67. The van der Waals surface area contributed by atoms with Gasteiger partial charge in [0.25, 0.3) is 6.47 Å². The maximum absolute atomic E-state index is 13.6. The van der Waals surface area contributed by atoms with Crippen LogP contribution in [0.15, 0.2) is 54.6 Å². The van der Waals surface area contributed by atoms with Crippen LogP contribution in [0, 0.1) is 5.92 Å². The number of carbonyl (C=O) groups is 5. The second-order valence-electron chi connectivity index (χ2n) is 11.2. The number of alkyl carbamates (subject to hydrolysis) is 1. The molecule has 4 amide bonds. The van der Waals surface area contributed by atoms with Gasteiger partial charge < -0.3 is 36.4 Å². The van der Waals surface area contributed by atoms with Crippen LogP contribution < -0.4 is 26.6 Å². The number of carbonyl (C=O) groups excluding carboxylic acids is 4. The van der Waals surface area contributed by atoms with Crippen molar-refractivity contribution in [1.82, 2.24) is 26.6 Å². The lowest BCUT2D eigenvalue weighted by molar-refractivity contribution is -0.133. The molecule has 12 heteroatoms. The van der Waals surface area contributed by atoms with Crippen molar-refractivity contribution < 1.29 is 33.8 Å². The Kier molecular flexibility index (Phi) is 16.1. The highest BCUT2D eigenvalue weighted by Gasteiger charge is 2.31. The Morgan fingerprint density at radius 2 is 1.62 bits per heavy atom. The normalized spacial score (nSPS) is 15.5. The van der Waals surface area contributed by atoms with Crippen molar-refractivity contribution in [3.05, 3.63) is 71.3 Å². The molecule has 0 aliphatic heterocycles. The molecule has 0 aromatic heterocycles. The van der Waals surface area contributed by atoms with Crippen LogP contribution in [0.25, 0.3) is 0 Å². The Labute approximate surface area is 265 Å². The summed E-state index contributed by atoms with van der Waals surface area (Å²) in [6.45, 7) is 5.57. The van der Waals surface area contributed by atoms with Crippen molar-refractivity contribution in [3.8, 4) is 0 Å².